The molecule has 1 aromatic rings. The van der Waals surface area contributed by atoms with Crippen LogP contribution in [0.25, 0.3) is 0 Å². The Morgan fingerprint density at radius 3 is 2.23 bits per heavy atom. The van der Waals surface area contributed by atoms with Crippen LogP contribution in [-0.4, -0.2) is 50.1 Å². The molecule has 0 aliphatic heterocycles. The molecule has 5 heteroatoms. The molecule has 26 heavy (non-hydrogen) atoms. The van der Waals surface area contributed by atoms with Crippen LogP contribution in [0.4, 0.5) is 0 Å². The van der Waals surface area contributed by atoms with Gasteiger partial charge in [0.05, 0.1) is 33.7 Å². The Labute approximate surface area is 158 Å². The molecule has 0 aliphatic rings. The van der Waals surface area contributed by atoms with E-state index in [1.165, 1.54) is 18.4 Å². The van der Waals surface area contributed by atoms with E-state index in [4.69, 9.17) is 0 Å². The summed E-state index contributed by atoms with van der Waals surface area (Å²) >= 11 is 0. The first-order valence-electron chi connectivity index (χ1n) is 9.60. The normalized spacial score (nSPS) is 12.6. The summed E-state index contributed by atoms with van der Waals surface area (Å²) in [6.45, 7) is 0.569. The van der Waals surface area contributed by atoms with E-state index in [1.807, 2.05) is 27.2 Å². The topological polar surface area (TPSA) is 69.2 Å². The van der Waals surface area contributed by atoms with E-state index in [0.29, 0.717) is 17.4 Å². The number of nitrogens with one attached hydrogen (secondary N) is 1. The summed E-state index contributed by atoms with van der Waals surface area (Å²) in [5.74, 6) is -1.18. The first-order chi connectivity index (χ1) is 12.3. The summed E-state index contributed by atoms with van der Waals surface area (Å²) in [5, 5.41) is 13.7. The molecule has 0 fully saturated rings. The molecule has 0 radical (unpaired) electrons. The molecule has 1 unspecified atom stereocenters. The maximum Gasteiger partial charge on any atom is 0.220 e. The predicted octanol–water partition coefficient (Wildman–Crippen LogP) is 1.90. The van der Waals surface area contributed by atoms with Crippen LogP contribution in [0, 0.1) is 0 Å². The molecule has 5 nitrogen and oxygen atoms in total. The van der Waals surface area contributed by atoms with Gasteiger partial charge in [0.2, 0.25) is 5.91 Å². The third-order valence-electron chi connectivity index (χ3n) is 4.26. The SMILES string of the molecule is C[N+](C)(C)CC(CC(=O)[O-])NC(=O)CCCCCCCc1ccccc1. The van der Waals surface area contributed by atoms with Gasteiger partial charge in [-0.1, -0.05) is 49.6 Å². The molecule has 0 saturated carbocycles. The van der Waals surface area contributed by atoms with Gasteiger partial charge in [0.25, 0.3) is 0 Å². The van der Waals surface area contributed by atoms with Crippen LogP contribution < -0.4 is 10.4 Å². The van der Waals surface area contributed by atoms with Crippen LogP contribution in [0.1, 0.15) is 50.5 Å². The Bertz CT molecular complexity index is 538. The maximum absolute atomic E-state index is 12.1. The van der Waals surface area contributed by atoms with Crippen molar-refractivity contribution in [2.24, 2.45) is 0 Å². The van der Waals surface area contributed by atoms with E-state index in [1.54, 1.807) is 0 Å². The number of carboxylic acid groups (broad SMARTS) is 1. The van der Waals surface area contributed by atoms with Gasteiger partial charge in [0.15, 0.2) is 0 Å². The van der Waals surface area contributed by atoms with E-state index >= 15 is 0 Å². The van der Waals surface area contributed by atoms with Gasteiger partial charge in [-0.15, -0.1) is 0 Å². The number of hydrogen-bond donors (Lipinski definition) is 1. The number of amides is 1. The number of hydrogen-bond acceptors (Lipinski definition) is 3. The quantitative estimate of drug-likeness (QED) is 0.430. The number of benzene rings is 1. The number of aryl methyl sites for hydroxylation is 1. The molecule has 146 valence electrons. The molecular formula is C21H34N2O3. The van der Waals surface area contributed by atoms with Gasteiger partial charge in [-0.05, 0) is 24.8 Å². The molecule has 1 amide bonds. The number of aliphatic carboxylic acids is 1. The summed E-state index contributed by atoms with van der Waals surface area (Å²) in [5.41, 5.74) is 1.38. The number of quaternary nitrogens is 1. The van der Waals surface area contributed by atoms with E-state index < -0.39 is 5.97 Å². The summed E-state index contributed by atoms with van der Waals surface area (Å²) in [6.07, 6.45) is 6.78. The van der Waals surface area contributed by atoms with Gasteiger partial charge in [-0.2, -0.15) is 0 Å². The molecule has 1 aromatic carbocycles. The lowest BCUT2D eigenvalue weighted by atomic mass is 10.0. The smallest absolute Gasteiger partial charge is 0.220 e. The summed E-state index contributed by atoms with van der Waals surface area (Å²) in [6, 6.07) is 10.1. The average molecular weight is 363 g/mol. The van der Waals surface area contributed by atoms with Crippen molar-refractivity contribution in [3.63, 3.8) is 0 Å². The van der Waals surface area contributed by atoms with Crippen molar-refractivity contribution in [3.05, 3.63) is 35.9 Å². The van der Waals surface area contributed by atoms with Crippen molar-refractivity contribution < 1.29 is 19.2 Å². The van der Waals surface area contributed by atoms with E-state index in [9.17, 15) is 14.7 Å². The number of unbranched alkanes of at least 4 members (excludes halogenated alkanes) is 4. The summed E-state index contributed by atoms with van der Waals surface area (Å²) in [4.78, 5) is 22.9. The third-order valence-corrected chi connectivity index (χ3v) is 4.26. The number of carbonyl (C=O) groups excluding carboxylic acids is 2. The Kier molecular flexibility index (Phi) is 9.96. The lowest BCUT2D eigenvalue weighted by molar-refractivity contribution is -0.871. The minimum atomic E-state index is -1.12. The fraction of sp³-hybridized carbons (Fsp3) is 0.619. The highest BCUT2D eigenvalue weighted by Crippen LogP contribution is 2.10. The highest BCUT2D eigenvalue weighted by atomic mass is 16.4. The number of nitrogens with zero attached hydrogens (tertiary/aromatic N) is 1. The van der Waals surface area contributed by atoms with Crippen molar-refractivity contribution >= 4 is 11.9 Å². The van der Waals surface area contributed by atoms with Gasteiger partial charge in [-0.3, -0.25) is 4.79 Å². The predicted molar refractivity (Wildman–Crippen MR) is 102 cm³/mol. The van der Waals surface area contributed by atoms with E-state index in [0.717, 1.165) is 25.7 Å². The third kappa shape index (κ3) is 11.6. The molecule has 0 bridgehead atoms. The first kappa shape index (κ1) is 22.2. The standard InChI is InChI=1S/C21H34N2O3/c1-23(2,3)17-19(16-21(25)26)22-20(24)15-11-6-4-5-8-12-18-13-9-7-10-14-18/h7,9-10,13-14,19H,4-6,8,11-12,15-17H2,1-3H3,(H-,22,24,25,26). The fourth-order valence-electron chi connectivity index (χ4n) is 3.11. The summed E-state index contributed by atoms with van der Waals surface area (Å²) in [7, 11) is 5.93. The molecule has 0 heterocycles. The van der Waals surface area contributed by atoms with E-state index in [2.05, 4.69) is 29.6 Å². The lowest BCUT2D eigenvalue weighted by Crippen LogP contribution is -2.50. The molecule has 0 aromatic heterocycles. The maximum atomic E-state index is 12.1. The second kappa shape index (κ2) is 11.7. The van der Waals surface area contributed by atoms with Gasteiger partial charge >= 0.3 is 0 Å². The molecular weight excluding hydrogens is 328 g/mol. The zero-order valence-corrected chi connectivity index (χ0v) is 16.5. The highest BCUT2D eigenvalue weighted by molar-refractivity contribution is 5.77. The molecule has 0 spiro atoms. The highest BCUT2D eigenvalue weighted by Gasteiger charge is 2.20. The van der Waals surface area contributed by atoms with Gasteiger partial charge in [-0.25, -0.2) is 0 Å². The second-order valence-corrected chi connectivity index (χ2v) is 8.07. The van der Waals surface area contributed by atoms with Gasteiger partial charge in [0.1, 0.15) is 0 Å². The van der Waals surface area contributed by atoms with Gasteiger partial charge in [0, 0.05) is 18.8 Å². The molecule has 1 atom stereocenters. The minimum Gasteiger partial charge on any atom is -0.550 e. The molecule has 1 rings (SSSR count). The molecule has 0 aliphatic carbocycles. The number of carboxylic acids is 1. The zero-order chi connectivity index (χ0) is 19.4. The van der Waals surface area contributed by atoms with Crippen LogP contribution in [0.5, 0.6) is 0 Å². The molecule has 0 saturated heterocycles. The van der Waals surface area contributed by atoms with Crippen LogP contribution in [0.15, 0.2) is 30.3 Å². The van der Waals surface area contributed by atoms with Crippen LogP contribution in [0.3, 0.4) is 0 Å². The van der Waals surface area contributed by atoms with Crippen LogP contribution in [-0.2, 0) is 16.0 Å². The zero-order valence-electron chi connectivity index (χ0n) is 16.5. The second-order valence-electron chi connectivity index (χ2n) is 8.07. The summed E-state index contributed by atoms with van der Waals surface area (Å²) < 4.78 is 0.597. The van der Waals surface area contributed by atoms with Crippen molar-refractivity contribution in [3.8, 4) is 0 Å². The first-order valence-corrected chi connectivity index (χ1v) is 9.60. The lowest BCUT2D eigenvalue weighted by Gasteiger charge is -2.30. The van der Waals surface area contributed by atoms with Crippen molar-refractivity contribution in [1.29, 1.82) is 0 Å². The fourth-order valence-corrected chi connectivity index (χ4v) is 3.11. The largest absolute Gasteiger partial charge is 0.550 e. The van der Waals surface area contributed by atoms with Crippen molar-refractivity contribution in [1.82, 2.24) is 5.32 Å². The minimum absolute atomic E-state index is 0.0611. The Morgan fingerprint density at radius 1 is 1.00 bits per heavy atom. The Hall–Kier alpha value is -1.88. The van der Waals surface area contributed by atoms with Crippen molar-refractivity contribution in [2.45, 2.75) is 57.4 Å². The van der Waals surface area contributed by atoms with Crippen molar-refractivity contribution in [2.75, 3.05) is 27.7 Å². The van der Waals surface area contributed by atoms with E-state index in [-0.39, 0.29) is 18.4 Å². The monoisotopic (exact) mass is 362 g/mol. The molecule has 1 N–H and O–H groups in total. The van der Waals surface area contributed by atoms with Gasteiger partial charge < -0.3 is 19.7 Å². The number of rotatable bonds is 13. The Balaban J connectivity index is 2.14. The van der Waals surface area contributed by atoms with Crippen LogP contribution in [0.2, 0.25) is 0 Å². The Morgan fingerprint density at radius 2 is 1.62 bits per heavy atom. The average Bonchev–Trinajstić information content (AvgIpc) is 2.52. The number of likely N-dealkylation sites (N-methyl/N-ethyl adjacent to an activating group) is 1. The number of carbonyl (C=O) groups is 2. The van der Waals surface area contributed by atoms with Crippen LogP contribution >= 0.6 is 0 Å².